The predicted molar refractivity (Wildman–Crippen MR) is 94.7 cm³/mol. The van der Waals surface area contributed by atoms with Gasteiger partial charge in [-0.2, -0.15) is 0 Å². The molecule has 0 spiro atoms. The van der Waals surface area contributed by atoms with Crippen LogP contribution in [-0.2, 0) is 13.0 Å². The number of halogens is 1. The van der Waals surface area contributed by atoms with E-state index < -0.39 is 0 Å². The van der Waals surface area contributed by atoms with Crippen LogP contribution in [-0.4, -0.2) is 19.1 Å². The lowest BCUT2D eigenvalue weighted by molar-refractivity contribution is 0.102. The molecule has 5 heteroatoms. The Morgan fingerprint density at radius 3 is 2.91 bits per heavy atom. The van der Waals surface area contributed by atoms with Crippen LogP contribution in [0.2, 0.25) is 0 Å². The highest BCUT2D eigenvalue weighted by Crippen LogP contribution is 2.24. The maximum Gasteiger partial charge on any atom is 0.255 e. The zero-order valence-electron chi connectivity index (χ0n) is 13.1. The van der Waals surface area contributed by atoms with Crippen molar-refractivity contribution in [2.45, 2.75) is 19.9 Å². The Labute approximate surface area is 142 Å². The van der Waals surface area contributed by atoms with Crippen molar-refractivity contribution >= 4 is 24.0 Å². The molecule has 2 aromatic rings. The molecule has 0 bridgehead atoms. The topological polar surface area (TPSA) is 50.4 Å². The summed E-state index contributed by atoms with van der Waals surface area (Å²) in [7, 11) is 0. The van der Waals surface area contributed by atoms with Crippen LogP contribution in [0, 0.1) is 0 Å². The standard InChI is InChI=1S/C18H20N2O2.ClH/c1-2-13-5-3-4-6-16(13)18(21)20-15-7-8-17-14(11-15)12-19-9-10-22-17;/h3-8,11,19H,2,9-10,12H2,1H3,(H,20,21);1H. The molecule has 0 aromatic heterocycles. The van der Waals surface area contributed by atoms with E-state index in [4.69, 9.17) is 4.74 Å². The molecule has 1 aliphatic rings. The normalized spacial score (nSPS) is 13.1. The number of ether oxygens (including phenoxy) is 1. The van der Waals surface area contributed by atoms with E-state index in [2.05, 4.69) is 17.6 Å². The summed E-state index contributed by atoms with van der Waals surface area (Å²) in [5.41, 5.74) is 3.65. The first-order valence-corrected chi connectivity index (χ1v) is 7.63. The number of nitrogens with one attached hydrogen (secondary N) is 2. The molecule has 1 aliphatic heterocycles. The van der Waals surface area contributed by atoms with E-state index in [1.54, 1.807) is 0 Å². The monoisotopic (exact) mass is 332 g/mol. The largest absolute Gasteiger partial charge is 0.492 e. The van der Waals surface area contributed by atoms with E-state index in [-0.39, 0.29) is 18.3 Å². The molecule has 0 atom stereocenters. The molecule has 4 nitrogen and oxygen atoms in total. The fourth-order valence-electron chi connectivity index (χ4n) is 2.64. The Balaban J connectivity index is 0.00000192. The number of amides is 1. The second kappa shape index (κ2) is 7.99. The van der Waals surface area contributed by atoms with Gasteiger partial charge < -0.3 is 15.4 Å². The van der Waals surface area contributed by atoms with E-state index >= 15 is 0 Å². The number of carbonyl (C=O) groups is 1. The van der Waals surface area contributed by atoms with Gasteiger partial charge in [0.1, 0.15) is 12.4 Å². The Morgan fingerprint density at radius 1 is 1.26 bits per heavy atom. The van der Waals surface area contributed by atoms with Crippen molar-refractivity contribution in [3.63, 3.8) is 0 Å². The third kappa shape index (κ3) is 4.03. The zero-order chi connectivity index (χ0) is 15.4. The summed E-state index contributed by atoms with van der Waals surface area (Å²) < 4.78 is 5.65. The van der Waals surface area contributed by atoms with Crippen LogP contribution >= 0.6 is 12.4 Å². The van der Waals surface area contributed by atoms with Crippen molar-refractivity contribution in [3.8, 4) is 5.75 Å². The summed E-state index contributed by atoms with van der Waals surface area (Å²) >= 11 is 0. The highest BCUT2D eigenvalue weighted by molar-refractivity contribution is 6.05. The minimum Gasteiger partial charge on any atom is -0.492 e. The van der Waals surface area contributed by atoms with E-state index in [1.807, 2.05) is 42.5 Å². The van der Waals surface area contributed by atoms with Crippen LogP contribution < -0.4 is 15.4 Å². The average molecular weight is 333 g/mol. The first-order chi connectivity index (χ1) is 10.8. The molecule has 2 N–H and O–H groups in total. The summed E-state index contributed by atoms with van der Waals surface area (Å²) in [5.74, 6) is 0.817. The molecule has 0 saturated heterocycles. The molecule has 0 saturated carbocycles. The van der Waals surface area contributed by atoms with Gasteiger partial charge in [-0.25, -0.2) is 0 Å². The Hall–Kier alpha value is -2.04. The van der Waals surface area contributed by atoms with Crippen LogP contribution in [0.5, 0.6) is 5.75 Å². The number of benzene rings is 2. The van der Waals surface area contributed by atoms with E-state index in [1.165, 1.54) is 0 Å². The van der Waals surface area contributed by atoms with Crippen molar-refractivity contribution in [3.05, 3.63) is 59.2 Å². The van der Waals surface area contributed by atoms with Crippen molar-refractivity contribution < 1.29 is 9.53 Å². The molecular formula is C18H21ClN2O2. The quantitative estimate of drug-likeness (QED) is 0.905. The molecule has 1 heterocycles. The fraction of sp³-hybridized carbons (Fsp3) is 0.278. The molecule has 0 unspecified atom stereocenters. The second-order valence-corrected chi connectivity index (χ2v) is 5.31. The third-order valence-electron chi connectivity index (χ3n) is 3.81. The maximum atomic E-state index is 12.5. The van der Waals surface area contributed by atoms with Crippen molar-refractivity contribution in [1.82, 2.24) is 5.32 Å². The molecule has 2 aromatic carbocycles. The van der Waals surface area contributed by atoms with E-state index in [0.717, 1.165) is 47.6 Å². The van der Waals surface area contributed by atoms with Crippen molar-refractivity contribution in [1.29, 1.82) is 0 Å². The van der Waals surface area contributed by atoms with Gasteiger partial charge in [0.2, 0.25) is 0 Å². The minimum absolute atomic E-state index is 0. The van der Waals surface area contributed by atoms with Crippen LogP contribution in [0.3, 0.4) is 0 Å². The Bertz CT molecular complexity index is 688. The fourth-order valence-corrected chi connectivity index (χ4v) is 2.64. The average Bonchev–Trinajstić information content (AvgIpc) is 2.79. The number of rotatable bonds is 3. The zero-order valence-corrected chi connectivity index (χ0v) is 13.9. The van der Waals surface area contributed by atoms with Gasteiger partial charge in [0.25, 0.3) is 5.91 Å². The molecular weight excluding hydrogens is 312 g/mol. The lowest BCUT2D eigenvalue weighted by Gasteiger charge is -2.12. The van der Waals surface area contributed by atoms with Crippen LogP contribution in [0.15, 0.2) is 42.5 Å². The number of hydrogen-bond acceptors (Lipinski definition) is 3. The van der Waals surface area contributed by atoms with Crippen LogP contribution in [0.1, 0.15) is 28.4 Å². The lowest BCUT2D eigenvalue weighted by Crippen LogP contribution is -2.16. The van der Waals surface area contributed by atoms with Crippen molar-refractivity contribution in [2.24, 2.45) is 0 Å². The number of carbonyl (C=O) groups excluding carboxylic acids is 1. The number of anilines is 1. The van der Waals surface area contributed by atoms with Crippen LogP contribution in [0.25, 0.3) is 0 Å². The van der Waals surface area contributed by atoms with E-state index in [0.29, 0.717) is 6.61 Å². The SMILES string of the molecule is CCc1ccccc1C(=O)Nc1ccc2c(c1)CNCCO2.Cl. The van der Waals surface area contributed by atoms with Gasteiger partial charge in [-0.05, 0) is 36.2 Å². The predicted octanol–water partition coefficient (Wildman–Crippen LogP) is 3.41. The molecule has 3 rings (SSSR count). The van der Waals surface area contributed by atoms with Crippen LogP contribution in [0.4, 0.5) is 5.69 Å². The summed E-state index contributed by atoms with van der Waals surface area (Å²) in [4.78, 5) is 12.5. The molecule has 1 amide bonds. The summed E-state index contributed by atoms with van der Waals surface area (Å²) in [6.45, 7) is 4.31. The smallest absolute Gasteiger partial charge is 0.255 e. The highest BCUT2D eigenvalue weighted by atomic mass is 35.5. The highest BCUT2D eigenvalue weighted by Gasteiger charge is 2.13. The molecule has 23 heavy (non-hydrogen) atoms. The summed E-state index contributed by atoms with van der Waals surface area (Å²) in [6.07, 6.45) is 0.839. The first kappa shape index (κ1) is 17.3. The minimum atomic E-state index is -0.0695. The van der Waals surface area contributed by atoms with Gasteiger partial charge in [-0.15, -0.1) is 12.4 Å². The molecule has 0 fully saturated rings. The number of aryl methyl sites for hydroxylation is 1. The van der Waals surface area contributed by atoms with Gasteiger partial charge >= 0.3 is 0 Å². The maximum absolute atomic E-state index is 12.5. The molecule has 122 valence electrons. The Kier molecular flexibility index (Phi) is 6.02. The van der Waals surface area contributed by atoms with Gasteiger partial charge in [-0.1, -0.05) is 25.1 Å². The number of hydrogen-bond donors (Lipinski definition) is 2. The van der Waals surface area contributed by atoms with Gasteiger partial charge in [0.15, 0.2) is 0 Å². The second-order valence-electron chi connectivity index (χ2n) is 5.31. The van der Waals surface area contributed by atoms with E-state index in [9.17, 15) is 4.79 Å². The molecule has 0 radical (unpaired) electrons. The van der Waals surface area contributed by atoms with Gasteiger partial charge in [0.05, 0.1) is 0 Å². The first-order valence-electron chi connectivity index (χ1n) is 7.63. The van der Waals surface area contributed by atoms with Crippen molar-refractivity contribution in [2.75, 3.05) is 18.5 Å². The number of fused-ring (bicyclic) bond motifs is 1. The van der Waals surface area contributed by atoms with Gasteiger partial charge in [0, 0.05) is 29.9 Å². The summed E-state index contributed by atoms with van der Waals surface area (Å²) in [6, 6.07) is 13.5. The lowest BCUT2D eigenvalue weighted by atomic mass is 10.0. The summed E-state index contributed by atoms with van der Waals surface area (Å²) in [5, 5.41) is 6.28. The third-order valence-corrected chi connectivity index (χ3v) is 3.81. The Morgan fingerprint density at radius 2 is 2.09 bits per heavy atom. The van der Waals surface area contributed by atoms with Gasteiger partial charge in [-0.3, -0.25) is 4.79 Å². The molecule has 0 aliphatic carbocycles.